The van der Waals surface area contributed by atoms with Crippen LogP contribution in [0.4, 0.5) is 4.39 Å². The normalized spacial score (nSPS) is 12.3. The van der Waals surface area contributed by atoms with Gasteiger partial charge in [-0.25, -0.2) is 9.07 Å². The van der Waals surface area contributed by atoms with Crippen LogP contribution in [-0.4, -0.2) is 20.7 Å². The molecule has 0 unspecified atom stereocenters. The van der Waals surface area contributed by atoms with Crippen molar-refractivity contribution in [2.24, 2.45) is 0 Å². The highest BCUT2D eigenvalue weighted by molar-refractivity contribution is 5.99. The van der Waals surface area contributed by atoms with Crippen LogP contribution in [0.2, 0.25) is 0 Å². The van der Waals surface area contributed by atoms with Gasteiger partial charge in [0.05, 0.1) is 28.7 Å². The molecule has 4 aromatic rings. The molecule has 0 radical (unpaired) electrons. The standard InChI is InChI=1S/C23H14FN5O/c24-16-4-6-17(7-5-16)29-21(15-3-1-2-14(10-15)12-25)11-20(28-29)22-19-13-27-23(30)18(19)8-9-26-22/h1-11H,13H2,(H,27,30). The number of fused-ring (bicyclic) bond motifs is 1. The van der Waals surface area contributed by atoms with Crippen molar-refractivity contribution in [2.45, 2.75) is 6.54 Å². The molecule has 0 aliphatic carbocycles. The van der Waals surface area contributed by atoms with Crippen molar-refractivity contribution in [3.05, 3.63) is 89.4 Å². The van der Waals surface area contributed by atoms with Crippen molar-refractivity contribution in [3.63, 3.8) is 0 Å². The first kappa shape index (κ1) is 17.8. The number of halogens is 1. The molecule has 30 heavy (non-hydrogen) atoms. The number of nitriles is 1. The largest absolute Gasteiger partial charge is 0.348 e. The Morgan fingerprint density at radius 3 is 2.73 bits per heavy atom. The summed E-state index contributed by atoms with van der Waals surface area (Å²) >= 11 is 0. The van der Waals surface area contributed by atoms with Crippen LogP contribution in [0.15, 0.2) is 66.9 Å². The molecule has 1 amide bonds. The summed E-state index contributed by atoms with van der Waals surface area (Å²) in [6, 6.07) is 18.9. The van der Waals surface area contributed by atoms with Crippen LogP contribution in [0.3, 0.4) is 0 Å². The van der Waals surface area contributed by atoms with Gasteiger partial charge in [0.1, 0.15) is 11.5 Å². The van der Waals surface area contributed by atoms with Crippen molar-refractivity contribution in [1.82, 2.24) is 20.1 Å². The fourth-order valence-corrected chi connectivity index (χ4v) is 3.60. The number of rotatable bonds is 3. The summed E-state index contributed by atoms with van der Waals surface area (Å²) in [5, 5.41) is 16.8. The zero-order valence-electron chi connectivity index (χ0n) is 15.6. The second-order valence-electron chi connectivity index (χ2n) is 6.86. The average molecular weight is 395 g/mol. The molecule has 0 atom stereocenters. The molecule has 6 nitrogen and oxygen atoms in total. The first-order valence-electron chi connectivity index (χ1n) is 9.27. The Labute approximate surface area is 171 Å². The van der Waals surface area contributed by atoms with Crippen LogP contribution in [0.1, 0.15) is 21.5 Å². The van der Waals surface area contributed by atoms with E-state index < -0.39 is 0 Å². The van der Waals surface area contributed by atoms with E-state index in [1.165, 1.54) is 12.1 Å². The second kappa shape index (κ2) is 6.94. The Kier molecular flexibility index (Phi) is 4.11. The van der Waals surface area contributed by atoms with Crippen molar-refractivity contribution in [2.75, 3.05) is 0 Å². The summed E-state index contributed by atoms with van der Waals surface area (Å²) < 4.78 is 15.2. The van der Waals surface area contributed by atoms with Gasteiger partial charge in [-0.15, -0.1) is 0 Å². The summed E-state index contributed by atoms with van der Waals surface area (Å²) in [6.45, 7) is 0.389. The monoisotopic (exact) mass is 395 g/mol. The van der Waals surface area contributed by atoms with Crippen molar-refractivity contribution in [3.8, 4) is 34.4 Å². The molecule has 1 N–H and O–H groups in total. The smallest absolute Gasteiger partial charge is 0.252 e. The van der Waals surface area contributed by atoms with Crippen molar-refractivity contribution >= 4 is 5.91 Å². The van der Waals surface area contributed by atoms with Crippen LogP contribution in [-0.2, 0) is 6.54 Å². The molecule has 2 aromatic heterocycles. The first-order chi connectivity index (χ1) is 14.6. The Balaban J connectivity index is 1.73. The SMILES string of the molecule is N#Cc1cccc(-c2cc(-c3nccc4c3CNC4=O)nn2-c2ccc(F)cc2)c1. The molecule has 0 saturated heterocycles. The lowest BCUT2D eigenvalue weighted by atomic mass is 10.0. The summed E-state index contributed by atoms with van der Waals surface area (Å²) in [6.07, 6.45) is 1.59. The van der Waals surface area contributed by atoms with Gasteiger partial charge >= 0.3 is 0 Å². The van der Waals surface area contributed by atoms with Crippen molar-refractivity contribution in [1.29, 1.82) is 5.26 Å². The Bertz CT molecular complexity index is 1330. The van der Waals surface area contributed by atoms with Crippen LogP contribution in [0.25, 0.3) is 28.3 Å². The average Bonchev–Trinajstić information content (AvgIpc) is 3.39. The van der Waals surface area contributed by atoms with Gasteiger partial charge in [0.25, 0.3) is 5.91 Å². The maximum Gasteiger partial charge on any atom is 0.252 e. The molecule has 7 heteroatoms. The summed E-state index contributed by atoms with van der Waals surface area (Å²) in [7, 11) is 0. The van der Waals surface area contributed by atoms with Gasteiger partial charge in [-0.1, -0.05) is 12.1 Å². The predicted octanol–water partition coefficient (Wildman–Crippen LogP) is 3.86. The first-order valence-corrected chi connectivity index (χ1v) is 9.27. The zero-order chi connectivity index (χ0) is 20.7. The minimum atomic E-state index is -0.341. The van der Waals surface area contributed by atoms with E-state index in [0.717, 1.165) is 16.8 Å². The van der Waals surface area contributed by atoms with E-state index in [1.807, 2.05) is 12.1 Å². The van der Waals surface area contributed by atoms with Gasteiger partial charge in [0.15, 0.2) is 0 Å². The summed E-state index contributed by atoms with van der Waals surface area (Å²) in [5.74, 6) is -0.472. The van der Waals surface area contributed by atoms with E-state index in [-0.39, 0.29) is 11.7 Å². The molecule has 5 rings (SSSR count). The molecule has 1 aliphatic heterocycles. The van der Waals surface area contributed by atoms with Gasteiger partial charge in [-0.3, -0.25) is 9.78 Å². The number of benzene rings is 2. The van der Waals surface area contributed by atoms with E-state index in [1.54, 1.807) is 47.3 Å². The Morgan fingerprint density at radius 1 is 1.10 bits per heavy atom. The number of carbonyl (C=O) groups excluding carboxylic acids is 1. The molecule has 0 spiro atoms. The van der Waals surface area contributed by atoms with Gasteiger partial charge in [0.2, 0.25) is 0 Å². The number of hydrogen-bond acceptors (Lipinski definition) is 4. The van der Waals surface area contributed by atoms with E-state index in [0.29, 0.717) is 34.7 Å². The zero-order valence-corrected chi connectivity index (χ0v) is 15.6. The number of nitrogens with one attached hydrogen (secondary N) is 1. The van der Waals surface area contributed by atoms with E-state index in [9.17, 15) is 14.4 Å². The topological polar surface area (TPSA) is 83.6 Å². The van der Waals surface area contributed by atoms with Crippen LogP contribution in [0, 0.1) is 17.1 Å². The van der Waals surface area contributed by atoms with Crippen LogP contribution in [0.5, 0.6) is 0 Å². The summed E-state index contributed by atoms with van der Waals surface area (Å²) in [4.78, 5) is 16.5. The molecule has 1 aliphatic rings. The highest BCUT2D eigenvalue weighted by Gasteiger charge is 2.25. The van der Waals surface area contributed by atoms with E-state index in [2.05, 4.69) is 16.4 Å². The number of amides is 1. The molecule has 0 fully saturated rings. The molecule has 144 valence electrons. The van der Waals surface area contributed by atoms with E-state index in [4.69, 9.17) is 5.10 Å². The molecule has 3 heterocycles. The van der Waals surface area contributed by atoms with Gasteiger partial charge in [-0.05, 0) is 48.5 Å². The maximum atomic E-state index is 13.5. The number of hydrogen-bond donors (Lipinski definition) is 1. The van der Waals surface area contributed by atoms with Gasteiger partial charge in [-0.2, -0.15) is 10.4 Å². The van der Waals surface area contributed by atoms with Gasteiger partial charge < -0.3 is 5.32 Å². The Hall–Kier alpha value is -4.31. The molecule has 2 aromatic carbocycles. The maximum absolute atomic E-state index is 13.5. The molecule has 0 saturated carbocycles. The Morgan fingerprint density at radius 2 is 1.93 bits per heavy atom. The quantitative estimate of drug-likeness (QED) is 0.571. The van der Waals surface area contributed by atoms with Crippen molar-refractivity contribution < 1.29 is 9.18 Å². The lowest BCUT2D eigenvalue weighted by Gasteiger charge is -2.08. The van der Waals surface area contributed by atoms with Crippen LogP contribution >= 0.6 is 0 Å². The molecular weight excluding hydrogens is 381 g/mol. The highest BCUT2D eigenvalue weighted by atomic mass is 19.1. The minimum Gasteiger partial charge on any atom is -0.348 e. The molecular formula is C23H14FN5O. The number of nitrogens with zero attached hydrogens (tertiary/aromatic N) is 4. The summed E-state index contributed by atoms with van der Waals surface area (Å²) in [5.41, 5.74) is 5.29. The third kappa shape index (κ3) is 2.91. The number of carbonyl (C=O) groups is 1. The fourth-order valence-electron chi connectivity index (χ4n) is 3.60. The number of pyridine rings is 1. The lowest BCUT2D eigenvalue weighted by Crippen LogP contribution is -2.12. The third-order valence-corrected chi connectivity index (χ3v) is 5.04. The predicted molar refractivity (Wildman–Crippen MR) is 108 cm³/mol. The second-order valence-corrected chi connectivity index (χ2v) is 6.86. The van der Waals surface area contributed by atoms with Gasteiger partial charge in [0, 0.05) is 29.4 Å². The van der Waals surface area contributed by atoms with Crippen LogP contribution < -0.4 is 5.32 Å². The third-order valence-electron chi connectivity index (χ3n) is 5.04. The minimum absolute atomic E-state index is 0.131. The fraction of sp³-hybridized carbons (Fsp3) is 0.0435. The van der Waals surface area contributed by atoms with E-state index >= 15 is 0 Å². The highest BCUT2D eigenvalue weighted by Crippen LogP contribution is 2.32. The number of aromatic nitrogens is 3. The lowest BCUT2D eigenvalue weighted by molar-refractivity contribution is 0.0965. The molecule has 0 bridgehead atoms.